The molecule has 152 valence electrons. The molecule has 3 rings (SSSR count). The van der Waals surface area contributed by atoms with Crippen LogP contribution in [0.5, 0.6) is 0 Å². The first-order valence-electron chi connectivity index (χ1n) is 9.44. The van der Waals surface area contributed by atoms with E-state index in [9.17, 15) is 22.8 Å². The highest BCUT2D eigenvalue weighted by molar-refractivity contribution is 7.92. The van der Waals surface area contributed by atoms with E-state index in [4.69, 9.17) is 4.74 Å². The number of nitrogens with zero attached hydrogens (tertiary/aromatic N) is 1. The number of anilines is 1. The molecule has 2 aliphatic carbocycles. The maximum atomic E-state index is 12.4. The van der Waals surface area contributed by atoms with Crippen molar-refractivity contribution in [2.24, 2.45) is 17.8 Å². The van der Waals surface area contributed by atoms with Gasteiger partial charge in [0.2, 0.25) is 10.0 Å². The van der Waals surface area contributed by atoms with Gasteiger partial charge in [-0.1, -0.05) is 6.42 Å². The molecule has 1 aromatic carbocycles. The minimum absolute atomic E-state index is 0.0415. The fraction of sp³-hybridized carbons (Fsp3) is 0.550. The Bertz CT molecular complexity index is 860. The monoisotopic (exact) mass is 407 g/mol. The van der Waals surface area contributed by atoms with Gasteiger partial charge in [-0.05, 0) is 49.9 Å². The molecule has 8 heteroatoms. The van der Waals surface area contributed by atoms with Crippen LogP contribution in [-0.4, -0.2) is 45.9 Å². The lowest BCUT2D eigenvalue weighted by Gasteiger charge is -2.36. The van der Waals surface area contributed by atoms with Crippen molar-refractivity contribution >= 4 is 33.2 Å². The molecule has 0 saturated heterocycles. The molecule has 2 fully saturated rings. The summed E-state index contributed by atoms with van der Waals surface area (Å²) in [5.41, 5.74) is 0.781. The second-order valence-corrected chi connectivity index (χ2v) is 9.72. The topological polar surface area (TPSA) is 97.8 Å². The van der Waals surface area contributed by atoms with Gasteiger partial charge in [-0.15, -0.1) is 0 Å². The van der Waals surface area contributed by atoms with E-state index in [1.54, 1.807) is 0 Å². The third kappa shape index (κ3) is 4.43. The number of ether oxygens (including phenoxy) is 1. The van der Waals surface area contributed by atoms with Gasteiger partial charge in [-0.2, -0.15) is 0 Å². The Morgan fingerprint density at radius 2 is 1.68 bits per heavy atom. The first-order chi connectivity index (χ1) is 13.2. The smallest absolute Gasteiger partial charge is 0.309 e. The number of carbonyl (C=O) groups is 3. The number of ketones is 2. The summed E-state index contributed by atoms with van der Waals surface area (Å²) < 4.78 is 29.4. The van der Waals surface area contributed by atoms with Crippen LogP contribution in [0.25, 0.3) is 0 Å². The molecule has 3 atom stereocenters. The molecule has 0 aliphatic heterocycles. The van der Waals surface area contributed by atoms with Crippen molar-refractivity contribution in [1.29, 1.82) is 0 Å². The lowest BCUT2D eigenvalue weighted by atomic mass is 9.67. The fourth-order valence-electron chi connectivity index (χ4n) is 4.06. The molecule has 0 amide bonds. The summed E-state index contributed by atoms with van der Waals surface area (Å²) in [6, 6.07) is 6.09. The van der Waals surface area contributed by atoms with E-state index in [0.29, 0.717) is 24.1 Å². The minimum Gasteiger partial charge on any atom is -0.457 e. The number of Topliss-reactive ketones (excluding diaryl/α,β-unsaturated/α-hetero) is 2. The summed E-state index contributed by atoms with van der Waals surface area (Å²) in [7, 11) is -1.95. The van der Waals surface area contributed by atoms with Gasteiger partial charge < -0.3 is 4.74 Å². The van der Waals surface area contributed by atoms with Crippen LogP contribution in [0.2, 0.25) is 0 Å². The zero-order chi connectivity index (χ0) is 20.5. The number of esters is 1. The normalized spacial score (nSPS) is 24.5. The molecule has 0 radical (unpaired) electrons. The number of hydrogen-bond donors (Lipinski definition) is 0. The van der Waals surface area contributed by atoms with E-state index < -0.39 is 16.0 Å². The van der Waals surface area contributed by atoms with Crippen LogP contribution >= 0.6 is 0 Å². The van der Waals surface area contributed by atoms with Crippen LogP contribution in [0.15, 0.2) is 24.3 Å². The lowest BCUT2D eigenvalue weighted by Crippen LogP contribution is -2.39. The van der Waals surface area contributed by atoms with Gasteiger partial charge in [0.1, 0.15) is 5.78 Å². The number of carbonyl (C=O) groups excluding carboxylic acids is 3. The highest BCUT2D eigenvalue weighted by Gasteiger charge is 2.41. The standard InChI is InChI=1S/C20H25NO6S/c1-21(28(2,25)26)17-8-6-13(7-9-17)18(22)12-27-20(24)16-10-14-4-3-5-15(11-16)19(14)23/h6-9,14-16H,3-5,10-12H2,1-2H3/t14-,15+,16?. The predicted molar refractivity (Wildman–Crippen MR) is 104 cm³/mol. The molecular formula is C20H25NO6S. The Kier molecular flexibility index (Phi) is 5.88. The molecule has 2 aliphatic rings. The highest BCUT2D eigenvalue weighted by atomic mass is 32.2. The summed E-state index contributed by atoms with van der Waals surface area (Å²) in [6.07, 6.45) is 4.85. The summed E-state index contributed by atoms with van der Waals surface area (Å²) in [5, 5.41) is 0. The molecule has 0 N–H and O–H groups in total. The molecule has 7 nitrogen and oxygen atoms in total. The quantitative estimate of drug-likeness (QED) is 0.530. The largest absolute Gasteiger partial charge is 0.457 e. The highest BCUT2D eigenvalue weighted by Crippen LogP contribution is 2.40. The number of sulfonamides is 1. The lowest BCUT2D eigenvalue weighted by molar-refractivity contribution is -0.152. The van der Waals surface area contributed by atoms with Crippen molar-refractivity contribution in [3.05, 3.63) is 29.8 Å². The summed E-state index contributed by atoms with van der Waals surface area (Å²) in [4.78, 5) is 36.8. The van der Waals surface area contributed by atoms with Crippen molar-refractivity contribution in [1.82, 2.24) is 0 Å². The van der Waals surface area contributed by atoms with Crippen molar-refractivity contribution < 1.29 is 27.5 Å². The van der Waals surface area contributed by atoms with E-state index in [-0.39, 0.29) is 35.9 Å². The summed E-state index contributed by atoms with van der Waals surface area (Å²) in [5.74, 6) is -0.877. The van der Waals surface area contributed by atoms with E-state index in [2.05, 4.69) is 0 Å². The Hall–Kier alpha value is -2.22. The molecule has 28 heavy (non-hydrogen) atoms. The third-order valence-electron chi connectivity index (χ3n) is 5.78. The zero-order valence-electron chi connectivity index (χ0n) is 16.1. The van der Waals surface area contributed by atoms with Crippen LogP contribution in [0.1, 0.15) is 42.5 Å². The van der Waals surface area contributed by atoms with Crippen molar-refractivity contribution in [2.75, 3.05) is 24.2 Å². The predicted octanol–water partition coefficient (Wildman–Crippen LogP) is 2.20. The number of benzene rings is 1. The van der Waals surface area contributed by atoms with Gasteiger partial charge in [0.05, 0.1) is 17.9 Å². The Morgan fingerprint density at radius 3 is 2.21 bits per heavy atom. The van der Waals surface area contributed by atoms with Crippen molar-refractivity contribution in [3.63, 3.8) is 0 Å². The summed E-state index contributed by atoms with van der Waals surface area (Å²) >= 11 is 0. The number of fused-ring (bicyclic) bond motifs is 2. The van der Waals surface area contributed by atoms with E-state index in [1.807, 2.05) is 0 Å². The average Bonchev–Trinajstić information content (AvgIpc) is 2.64. The first kappa shape index (κ1) is 20.5. The molecule has 1 aromatic rings. The Morgan fingerprint density at radius 1 is 1.11 bits per heavy atom. The molecule has 2 saturated carbocycles. The average molecular weight is 407 g/mol. The molecule has 1 unspecified atom stereocenters. The van der Waals surface area contributed by atoms with E-state index in [0.717, 1.165) is 29.8 Å². The van der Waals surface area contributed by atoms with Crippen LogP contribution < -0.4 is 4.31 Å². The SMILES string of the molecule is CN(c1ccc(C(=O)COC(=O)C2C[C@H]3CCC[C@@H](C2)C3=O)cc1)S(C)(=O)=O. The number of rotatable bonds is 6. The Labute approximate surface area is 165 Å². The van der Waals surface area contributed by atoms with Gasteiger partial charge in [0.15, 0.2) is 12.4 Å². The van der Waals surface area contributed by atoms with Gasteiger partial charge in [-0.3, -0.25) is 18.7 Å². The molecule has 0 heterocycles. The minimum atomic E-state index is -3.38. The summed E-state index contributed by atoms with van der Waals surface area (Å²) in [6.45, 7) is -0.361. The van der Waals surface area contributed by atoms with E-state index >= 15 is 0 Å². The molecule has 2 bridgehead atoms. The van der Waals surface area contributed by atoms with Crippen LogP contribution in [0.3, 0.4) is 0 Å². The maximum absolute atomic E-state index is 12.4. The number of hydrogen-bond acceptors (Lipinski definition) is 6. The van der Waals surface area contributed by atoms with Crippen LogP contribution in [-0.2, 0) is 24.3 Å². The van der Waals surface area contributed by atoms with Gasteiger partial charge in [0, 0.05) is 24.4 Å². The van der Waals surface area contributed by atoms with Crippen LogP contribution in [0.4, 0.5) is 5.69 Å². The van der Waals surface area contributed by atoms with Crippen molar-refractivity contribution in [2.45, 2.75) is 32.1 Å². The molecule has 0 aromatic heterocycles. The van der Waals surface area contributed by atoms with Gasteiger partial charge >= 0.3 is 5.97 Å². The zero-order valence-corrected chi connectivity index (χ0v) is 16.9. The first-order valence-corrected chi connectivity index (χ1v) is 11.3. The van der Waals surface area contributed by atoms with Crippen LogP contribution in [0, 0.1) is 17.8 Å². The molecular weight excluding hydrogens is 382 g/mol. The van der Waals surface area contributed by atoms with E-state index in [1.165, 1.54) is 31.3 Å². The fourth-order valence-corrected chi connectivity index (χ4v) is 4.56. The molecule has 0 spiro atoms. The Balaban J connectivity index is 1.55. The second kappa shape index (κ2) is 8.03. The van der Waals surface area contributed by atoms with Gasteiger partial charge in [0.25, 0.3) is 0 Å². The second-order valence-electron chi connectivity index (χ2n) is 7.70. The maximum Gasteiger partial charge on any atom is 0.309 e. The third-order valence-corrected chi connectivity index (χ3v) is 6.98. The van der Waals surface area contributed by atoms with Crippen molar-refractivity contribution in [3.8, 4) is 0 Å². The van der Waals surface area contributed by atoms with Gasteiger partial charge in [-0.25, -0.2) is 8.42 Å².